The Labute approximate surface area is 245 Å². The molecule has 3 heterocycles. The molecule has 0 aliphatic carbocycles. The van der Waals surface area contributed by atoms with Crippen LogP contribution in [0.3, 0.4) is 0 Å². The van der Waals surface area contributed by atoms with Gasteiger partial charge in [0.15, 0.2) is 11.6 Å². The molecule has 4 atom stereocenters. The highest BCUT2D eigenvalue weighted by atomic mass is 79.9. The number of carbonyl (C=O) groups excluding carboxylic acids is 3. The summed E-state index contributed by atoms with van der Waals surface area (Å²) in [6.45, 7) is 0. The lowest BCUT2D eigenvalue weighted by molar-refractivity contribution is -0.121. The molecule has 4 aromatic carbocycles. The van der Waals surface area contributed by atoms with Crippen molar-refractivity contribution >= 4 is 50.9 Å². The summed E-state index contributed by atoms with van der Waals surface area (Å²) in [6, 6.07) is 27.8. The van der Waals surface area contributed by atoms with E-state index in [1.807, 2.05) is 77.7 Å². The molecule has 0 unspecified atom stereocenters. The zero-order valence-corrected chi connectivity index (χ0v) is 23.7. The second-order valence-corrected chi connectivity index (χ2v) is 11.4. The van der Waals surface area contributed by atoms with Crippen LogP contribution in [0.2, 0.25) is 0 Å². The first-order chi connectivity index (χ1) is 19.9. The number of nitrogens with zero attached hydrogens (tertiary/aromatic N) is 1. The molecule has 1 saturated heterocycles. The number of ether oxygens (including phenoxy) is 1. The number of nitrogens with one attached hydrogen (secondary N) is 1. The Bertz CT molecular complexity index is 1750. The number of rotatable bonds is 5. The molecule has 3 aliphatic heterocycles. The number of para-hydroxylation sites is 2. The molecular formula is C34H25BrN2O4. The van der Waals surface area contributed by atoms with Crippen LogP contribution in [0.25, 0.3) is 6.08 Å². The van der Waals surface area contributed by atoms with Gasteiger partial charge >= 0.3 is 0 Å². The number of hydrogen-bond acceptors (Lipinski definition) is 5. The van der Waals surface area contributed by atoms with E-state index in [1.165, 1.54) is 0 Å². The normalized spacial score (nSPS) is 23.5. The molecule has 7 heteroatoms. The summed E-state index contributed by atoms with van der Waals surface area (Å²) in [5, 5.41) is 3.06. The van der Waals surface area contributed by atoms with Gasteiger partial charge in [-0.25, -0.2) is 0 Å². The molecule has 1 spiro atoms. The van der Waals surface area contributed by atoms with Gasteiger partial charge in [0.05, 0.1) is 19.1 Å². The Balaban J connectivity index is 1.52. The number of anilines is 2. The molecule has 202 valence electrons. The lowest BCUT2D eigenvalue weighted by Gasteiger charge is -2.37. The van der Waals surface area contributed by atoms with Crippen LogP contribution >= 0.6 is 15.9 Å². The van der Waals surface area contributed by atoms with Crippen molar-refractivity contribution in [1.29, 1.82) is 0 Å². The monoisotopic (exact) mass is 604 g/mol. The van der Waals surface area contributed by atoms with Crippen molar-refractivity contribution in [3.05, 3.63) is 130 Å². The molecular weight excluding hydrogens is 580 g/mol. The van der Waals surface area contributed by atoms with Gasteiger partial charge in [-0.15, -0.1) is 0 Å². The van der Waals surface area contributed by atoms with Gasteiger partial charge in [0, 0.05) is 27.0 Å². The van der Waals surface area contributed by atoms with Crippen LogP contribution in [-0.4, -0.2) is 36.7 Å². The first-order valence-corrected chi connectivity index (χ1v) is 14.2. The van der Waals surface area contributed by atoms with Gasteiger partial charge in [-0.1, -0.05) is 76.6 Å². The van der Waals surface area contributed by atoms with Crippen molar-refractivity contribution in [2.45, 2.75) is 17.5 Å². The van der Waals surface area contributed by atoms with Gasteiger partial charge in [-0.3, -0.25) is 14.4 Å². The molecule has 1 N–H and O–H groups in total. The van der Waals surface area contributed by atoms with Crippen LogP contribution < -0.4 is 15.0 Å². The summed E-state index contributed by atoms with van der Waals surface area (Å²) in [7, 11) is 1.57. The molecule has 0 radical (unpaired) electrons. The van der Waals surface area contributed by atoms with E-state index in [-0.39, 0.29) is 17.5 Å². The molecule has 41 heavy (non-hydrogen) atoms. The largest absolute Gasteiger partial charge is 0.497 e. The first kappa shape index (κ1) is 25.5. The quantitative estimate of drug-likeness (QED) is 0.270. The van der Waals surface area contributed by atoms with Gasteiger partial charge in [-0.2, -0.15) is 0 Å². The van der Waals surface area contributed by atoms with Crippen molar-refractivity contribution in [3.8, 4) is 5.75 Å². The third-order valence-corrected chi connectivity index (χ3v) is 9.12. The molecule has 0 aromatic heterocycles. The molecule has 1 amide bonds. The molecule has 7 rings (SSSR count). The summed E-state index contributed by atoms with van der Waals surface area (Å²) in [6.07, 6.45) is 3.97. The smallest absolute Gasteiger partial charge is 0.238 e. The first-order valence-electron chi connectivity index (χ1n) is 13.4. The van der Waals surface area contributed by atoms with Crippen LogP contribution in [0.15, 0.2) is 108 Å². The minimum absolute atomic E-state index is 0.214. The lowest BCUT2D eigenvalue weighted by Crippen LogP contribution is -2.51. The number of Topliss-reactive ketones (excluding diaryl/α,β-unsaturated/α-hetero) is 2. The van der Waals surface area contributed by atoms with Gasteiger partial charge in [0.25, 0.3) is 0 Å². The van der Waals surface area contributed by atoms with E-state index >= 15 is 0 Å². The fourth-order valence-electron chi connectivity index (χ4n) is 6.84. The molecule has 4 aromatic rings. The van der Waals surface area contributed by atoms with Gasteiger partial charge in [-0.05, 0) is 59.7 Å². The van der Waals surface area contributed by atoms with Crippen molar-refractivity contribution in [3.63, 3.8) is 0 Å². The number of methoxy groups -OCH3 is 1. The highest BCUT2D eigenvalue weighted by molar-refractivity contribution is 9.10. The standard InChI is InChI=1S/C34H25BrN2O4/c1-41-24-17-12-21(13-18-24)31(38)29-30(32(39)22-10-15-23(35)16-11-22)37-27-9-5-2-6-20(27)14-19-28(37)34(29)25-7-3-4-8-26(25)36-33(34)40/h2-19,28-30H,1H3,(H,36,40)/t28-,29-,30+,34+/m0/s1. The summed E-state index contributed by atoms with van der Waals surface area (Å²) < 4.78 is 6.17. The predicted molar refractivity (Wildman–Crippen MR) is 162 cm³/mol. The third-order valence-electron chi connectivity index (χ3n) is 8.60. The maximum absolute atomic E-state index is 14.8. The van der Waals surface area contributed by atoms with Crippen LogP contribution in [0.1, 0.15) is 31.8 Å². The predicted octanol–water partition coefficient (Wildman–Crippen LogP) is 6.31. The van der Waals surface area contributed by atoms with E-state index in [1.54, 1.807) is 43.5 Å². The van der Waals surface area contributed by atoms with Crippen LogP contribution in [0.5, 0.6) is 5.75 Å². The van der Waals surface area contributed by atoms with Gasteiger partial charge < -0.3 is 15.0 Å². The summed E-state index contributed by atoms with van der Waals surface area (Å²) in [5.74, 6) is -1.17. The second-order valence-electron chi connectivity index (χ2n) is 10.5. The van der Waals surface area contributed by atoms with Crippen molar-refractivity contribution < 1.29 is 19.1 Å². The van der Waals surface area contributed by atoms with Crippen LogP contribution in [-0.2, 0) is 10.2 Å². The van der Waals surface area contributed by atoms with E-state index in [9.17, 15) is 14.4 Å². The Morgan fingerprint density at radius 1 is 0.854 bits per heavy atom. The highest BCUT2D eigenvalue weighted by Crippen LogP contribution is 2.58. The van der Waals surface area contributed by atoms with Crippen LogP contribution in [0.4, 0.5) is 11.4 Å². The maximum atomic E-state index is 14.8. The number of benzene rings is 4. The molecule has 0 bridgehead atoms. The number of ketones is 2. The fraction of sp³-hybridized carbons (Fsp3) is 0.147. The number of halogens is 1. The SMILES string of the molecule is COc1ccc(C(=O)[C@@H]2[C@H](C(=O)c3ccc(Br)cc3)N3c4ccccc4C=C[C@H]3[C@@]23C(=O)Nc2ccccc23)cc1. The van der Waals surface area contributed by atoms with Crippen LogP contribution in [0, 0.1) is 5.92 Å². The zero-order valence-electron chi connectivity index (χ0n) is 22.1. The number of amides is 1. The summed E-state index contributed by atoms with van der Waals surface area (Å²) in [4.78, 5) is 45.8. The van der Waals surface area contributed by atoms with E-state index in [2.05, 4.69) is 21.2 Å². The van der Waals surface area contributed by atoms with Gasteiger partial charge in [0.1, 0.15) is 17.2 Å². The number of fused-ring (bicyclic) bond motifs is 6. The van der Waals surface area contributed by atoms with E-state index in [0.717, 1.165) is 21.3 Å². The minimum atomic E-state index is -1.34. The highest BCUT2D eigenvalue weighted by Gasteiger charge is 2.70. The fourth-order valence-corrected chi connectivity index (χ4v) is 7.10. The average molecular weight is 605 g/mol. The summed E-state index contributed by atoms with van der Waals surface area (Å²) >= 11 is 3.46. The molecule has 6 nitrogen and oxygen atoms in total. The Kier molecular flexibility index (Phi) is 5.94. The lowest BCUT2D eigenvalue weighted by atomic mass is 9.64. The van der Waals surface area contributed by atoms with Crippen molar-refractivity contribution in [2.24, 2.45) is 5.92 Å². The molecule has 1 fully saturated rings. The number of carbonyl (C=O) groups is 3. The Hall–Kier alpha value is -4.49. The topological polar surface area (TPSA) is 75.7 Å². The van der Waals surface area contributed by atoms with Gasteiger partial charge in [0.2, 0.25) is 5.91 Å². The third kappa shape index (κ3) is 3.65. The van der Waals surface area contributed by atoms with E-state index in [4.69, 9.17) is 4.74 Å². The van der Waals surface area contributed by atoms with E-state index < -0.39 is 23.4 Å². The number of hydrogen-bond donors (Lipinski definition) is 1. The van der Waals surface area contributed by atoms with Crippen molar-refractivity contribution in [2.75, 3.05) is 17.3 Å². The second kappa shape index (κ2) is 9.56. The zero-order chi connectivity index (χ0) is 28.3. The van der Waals surface area contributed by atoms with E-state index in [0.29, 0.717) is 22.6 Å². The Morgan fingerprint density at radius 2 is 1.51 bits per heavy atom. The van der Waals surface area contributed by atoms with Crippen molar-refractivity contribution in [1.82, 2.24) is 0 Å². The maximum Gasteiger partial charge on any atom is 0.238 e. The molecule has 3 aliphatic rings. The Morgan fingerprint density at radius 3 is 2.27 bits per heavy atom. The minimum Gasteiger partial charge on any atom is -0.497 e. The average Bonchev–Trinajstić information content (AvgIpc) is 3.49. The summed E-state index contributed by atoms with van der Waals surface area (Å²) in [5.41, 5.74) is 2.68. The molecule has 0 saturated carbocycles.